The SMILES string of the molecule is CCCSCc1nc(-c2ccc(Br)cc2)cs1. The van der Waals surface area contributed by atoms with Gasteiger partial charge in [0.15, 0.2) is 0 Å². The van der Waals surface area contributed by atoms with Gasteiger partial charge in [-0.2, -0.15) is 11.8 Å². The molecule has 17 heavy (non-hydrogen) atoms. The van der Waals surface area contributed by atoms with E-state index in [1.807, 2.05) is 11.8 Å². The number of rotatable bonds is 5. The van der Waals surface area contributed by atoms with Crippen LogP contribution in [-0.2, 0) is 5.75 Å². The van der Waals surface area contributed by atoms with E-state index in [1.54, 1.807) is 11.3 Å². The molecule has 0 atom stereocenters. The molecule has 0 N–H and O–H groups in total. The van der Waals surface area contributed by atoms with E-state index in [-0.39, 0.29) is 0 Å². The summed E-state index contributed by atoms with van der Waals surface area (Å²) in [4.78, 5) is 4.66. The van der Waals surface area contributed by atoms with Crippen molar-refractivity contribution in [1.29, 1.82) is 0 Å². The predicted octanol–water partition coefficient (Wildman–Crippen LogP) is 5.22. The van der Waals surface area contributed by atoms with E-state index in [0.717, 1.165) is 15.9 Å². The maximum Gasteiger partial charge on any atom is 0.103 e. The molecule has 0 amide bonds. The largest absolute Gasteiger partial charge is 0.240 e. The number of benzene rings is 1. The van der Waals surface area contributed by atoms with Gasteiger partial charge in [-0.3, -0.25) is 0 Å². The van der Waals surface area contributed by atoms with Gasteiger partial charge in [0.2, 0.25) is 0 Å². The summed E-state index contributed by atoms with van der Waals surface area (Å²) in [5.74, 6) is 2.25. The van der Waals surface area contributed by atoms with Crippen molar-refractivity contribution in [3.8, 4) is 11.3 Å². The second-order valence-corrected chi connectivity index (χ2v) is 6.65. The first-order valence-corrected chi connectivity index (χ1v) is 8.40. The number of nitrogens with zero attached hydrogens (tertiary/aromatic N) is 1. The minimum atomic E-state index is 1.04. The fourth-order valence-corrected chi connectivity index (χ4v) is 3.48. The minimum absolute atomic E-state index is 1.04. The average molecular weight is 328 g/mol. The Morgan fingerprint density at radius 2 is 2.06 bits per heavy atom. The van der Waals surface area contributed by atoms with Crippen LogP contribution in [0.5, 0.6) is 0 Å². The second kappa shape index (κ2) is 6.57. The van der Waals surface area contributed by atoms with Gasteiger partial charge in [0.1, 0.15) is 5.01 Å². The number of aromatic nitrogens is 1. The van der Waals surface area contributed by atoms with Crippen LogP contribution in [0.4, 0.5) is 0 Å². The molecule has 1 heterocycles. The Balaban J connectivity index is 2.04. The third-order valence-electron chi connectivity index (χ3n) is 2.27. The highest BCUT2D eigenvalue weighted by Gasteiger charge is 2.04. The number of halogens is 1. The topological polar surface area (TPSA) is 12.9 Å². The van der Waals surface area contributed by atoms with Crippen LogP contribution in [0.3, 0.4) is 0 Å². The number of hydrogen-bond acceptors (Lipinski definition) is 3. The van der Waals surface area contributed by atoms with E-state index < -0.39 is 0 Å². The molecule has 0 aliphatic carbocycles. The van der Waals surface area contributed by atoms with Crippen molar-refractivity contribution in [3.05, 3.63) is 39.1 Å². The van der Waals surface area contributed by atoms with Crippen LogP contribution >= 0.6 is 39.0 Å². The molecule has 0 aliphatic rings. The summed E-state index contributed by atoms with van der Waals surface area (Å²) in [6.45, 7) is 2.21. The van der Waals surface area contributed by atoms with E-state index in [1.165, 1.54) is 22.7 Å². The van der Waals surface area contributed by atoms with Gasteiger partial charge in [-0.05, 0) is 24.3 Å². The molecule has 0 unspecified atom stereocenters. The fraction of sp³-hybridized carbons (Fsp3) is 0.308. The zero-order chi connectivity index (χ0) is 12.1. The van der Waals surface area contributed by atoms with E-state index in [0.29, 0.717) is 0 Å². The van der Waals surface area contributed by atoms with E-state index >= 15 is 0 Å². The third kappa shape index (κ3) is 3.83. The Bertz CT molecular complexity index is 465. The lowest BCUT2D eigenvalue weighted by Gasteiger charge is -1.97. The van der Waals surface area contributed by atoms with Crippen molar-refractivity contribution in [1.82, 2.24) is 4.98 Å². The lowest BCUT2D eigenvalue weighted by molar-refractivity contribution is 1.10. The molecule has 1 aromatic carbocycles. The molecule has 0 saturated heterocycles. The monoisotopic (exact) mass is 327 g/mol. The Labute approximate surface area is 119 Å². The zero-order valence-corrected chi connectivity index (χ0v) is 12.9. The molecule has 0 bridgehead atoms. The number of thioether (sulfide) groups is 1. The molecule has 0 fully saturated rings. The van der Waals surface area contributed by atoms with Gasteiger partial charge < -0.3 is 0 Å². The molecule has 4 heteroatoms. The Morgan fingerprint density at radius 3 is 2.76 bits per heavy atom. The quantitative estimate of drug-likeness (QED) is 0.698. The van der Waals surface area contributed by atoms with Crippen molar-refractivity contribution in [2.24, 2.45) is 0 Å². The average Bonchev–Trinajstić information content (AvgIpc) is 2.79. The molecule has 1 aromatic heterocycles. The summed E-state index contributed by atoms with van der Waals surface area (Å²) in [5, 5.41) is 3.37. The van der Waals surface area contributed by atoms with E-state index in [2.05, 4.69) is 57.5 Å². The summed E-state index contributed by atoms with van der Waals surface area (Å²) in [7, 11) is 0. The summed E-state index contributed by atoms with van der Waals surface area (Å²) in [6.07, 6.45) is 1.23. The van der Waals surface area contributed by atoms with Crippen molar-refractivity contribution < 1.29 is 0 Å². The molecule has 0 saturated carbocycles. The highest BCUT2D eigenvalue weighted by molar-refractivity contribution is 9.10. The van der Waals surface area contributed by atoms with Crippen LogP contribution in [0.15, 0.2) is 34.1 Å². The first-order valence-electron chi connectivity index (χ1n) is 5.57. The van der Waals surface area contributed by atoms with Crippen LogP contribution in [0.1, 0.15) is 18.4 Å². The van der Waals surface area contributed by atoms with Crippen molar-refractivity contribution in [3.63, 3.8) is 0 Å². The van der Waals surface area contributed by atoms with Gasteiger partial charge in [-0.15, -0.1) is 11.3 Å². The lowest BCUT2D eigenvalue weighted by Crippen LogP contribution is -1.82. The summed E-state index contributed by atoms with van der Waals surface area (Å²) in [5.41, 5.74) is 2.28. The molecule has 90 valence electrons. The van der Waals surface area contributed by atoms with Gasteiger partial charge in [0.25, 0.3) is 0 Å². The predicted molar refractivity (Wildman–Crippen MR) is 81.7 cm³/mol. The van der Waals surface area contributed by atoms with Crippen LogP contribution < -0.4 is 0 Å². The Kier molecular flexibility index (Phi) is 5.07. The van der Waals surface area contributed by atoms with Crippen LogP contribution in [-0.4, -0.2) is 10.7 Å². The first-order chi connectivity index (χ1) is 8.29. The first kappa shape index (κ1) is 13.1. The van der Waals surface area contributed by atoms with E-state index in [4.69, 9.17) is 0 Å². The molecular formula is C13H14BrNS2. The maximum absolute atomic E-state index is 4.66. The normalized spacial score (nSPS) is 10.7. The van der Waals surface area contributed by atoms with Crippen LogP contribution in [0.25, 0.3) is 11.3 Å². The van der Waals surface area contributed by atoms with E-state index in [9.17, 15) is 0 Å². The molecule has 0 radical (unpaired) electrons. The van der Waals surface area contributed by atoms with Gasteiger partial charge in [0.05, 0.1) is 5.69 Å². The Morgan fingerprint density at radius 1 is 1.29 bits per heavy atom. The second-order valence-electron chi connectivity index (χ2n) is 3.69. The van der Waals surface area contributed by atoms with Crippen LogP contribution in [0.2, 0.25) is 0 Å². The van der Waals surface area contributed by atoms with Gasteiger partial charge in [-0.25, -0.2) is 4.98 Å². The molecular weight excluding hydrogens is 314 g/mol. The van der Waals surface area contributed by atoms with Gasteiger partial charge >= 0.3 is 0 Å². The Hall–Kier alpha value is -0.320. The van der Waals surface area contributed by atoms with Gasteiger partial charge in [0, 0.05) is 21.2 Å². The molecule has 2 aromatic rings. The lowest BCUT2D eigenvalue weighted by atomic mass is 10.2. The summed E-state index contributed by atoms with van der Waals surface area (Å²) < 4.78 is 1.11. The van der Waals surface area contributed by atoms with Crippen molar-refractivity contribution >= 4 is 39.0 Å². The number of hydrogen-bond donors (Lipinski definition) is 0. The molecule has 0 aliphatic heterocycles. The van der Waals surface area contributed by atoms with Crippen LogP contribution in [0, 0.1) is 0 Å². The van der Waals surface area contributed by atoms with Crippen molar-refractivity contribution in [2.75, 3.05) is 5.75 Å². The zero-order valence-electron chi connectivity index (χ0n) is 9.65. The summed E-state index contributed by atoms with van der Waals surface area (Å²) >= 11 is 7.16. The highest BCUT2D eigenvalue weighted by Crippen LogP contribution is 2.25. The maximum atomic E-state index is 4.66. The van der Waals surface area contributed by atoms with Crippen molar-refractivity contribution in [2.45, 2.75) is 19.1 Å². The highest BCUT2D eigenvalue weighted by atomic mass is 79.9. The van der Waals surface area contributed by atoms with Gasteiger partial charge in [-0.1, -0.05) is 35.0 Å². The molecule has 0 spiro atoms. The molecule has 2 rings (SSSR count). The summed E-state index contributed by atoms with van der Waals surface area (Å²) in [6, 6.07) is 8.31. The molecule has 1 nitrogen and oxygen atoms in total. The third-order valence-corrected chi connectivity index (χ3v) is 5.00. The fourth-order valence-electron chi connectivity index (χ4n) is 1.43. The standard InChI is InChI=1S/C13H14BrNS2/c1-2-7-16-9-13-15-12(8-17-13)10-3-5-11(14)6-4-10/h3-6,8H,2,7,9H2,1H3. The minimum Gasteiger partial charge on any atom is -0.240 e. The number of thiazole rings is 1. The smallest absolute Gasteiger partial charge is 0.103 e.